The minimum absolute atomic E-state index is 0.228. The second-order valence-corrected chi connectivity index (χ2v) is 5.17. The molecule has 1 fully saturated rings. The van der Waals surface area contributed by atoms with E-state index in [2.05, 4.69) is 4.90 Å². The molecule has 0 unspecified atom stereocenters. The van der Waals surface area contributed by atoms with Gasteiger partial charge in [-0.25, -0.2) is 0 Å². The number of rotatable bonds is 2. The topological polar surface area (TPSA) is 81.6 Å². The Hall–Kier alpha value is -1.75. The molecule has 98 valence electrons. The number of carbonyl (C=O) groups is 1. The van der Waals surface area contributed by atoms with E-state index in [1.54, 1.807) is 12.1 Å². The summed E-state index contributed by atoms with van der Waals surface area (Å²) in [6.45, 7) is 6.15. The van der Waals surface area contributed by atoms with E-state index >= 15 is 0 Å². The van der Waals surface area contributed by atoms with E-state index in [9.17, 15) is 4.79 Å². The minimum Gasteiger partial charge on any atom is -0.399 e. The predicted octanol–water partition coefficient (Wildman–Crippen LogP) is 0.983. The van der Waals surface area contributed by atoms with Crippen molar-refractivity contribution in [3.8, 4) is 0 Å². The first-order valence-corrected chi connectivity index (χ1v) is 5.97. The lowest BCUT2D eigenvalue weighted by atomic mass is 10.0. The number of nitrogens with two attached hydrogens (primary N) is 2. The summed E-state index contributed by atoms with van der Waals surface area (Å²) < 4.78 is 5.66. The van der Waals surface area contributed by atoms with Crippen LogP contribution in [0.25, 0.3) is 0 Å². The molecule has 0 aliphatic carbocycles. The van der Waals surface area contributed by atoms with Crippen LogP contribution in [0, 0.1) is 0 Å². The Morgan fingerprint density at radius 3 is 2.78 bits per heavy atom. The van der Waals surface area contributed by atoms with Gasteiger partial charge in [-0.3, -0.25) is 4.79 Å². The van der Waals surface area contributed by atoms with Gasteiger partial charge in [-0.05, 0) is 32.0 Å². The molecule has 4 N–H and O–H groups in total. The van der Waals surface area contributed by atoms with Crippen molar-refractivity contribution in [2.75, 3.05) is 30.3 Å². The predicted molar refractivity (Wildman–Crippen MR) is 71.6 cm³/mol. The van der Waals surface area contributed by atoms with E-state index in [-0.39, 0.29) is 5.60 Å². The molecule has 0 bridgehead atoms. The molecule has 0 saturated carbocycles. The number of morpholine rings is 1. The summed E-state index contributed by atoms with van der Waals surface area (Å²) in [7, 11) is 0. The lowest BCUT2D eigenvalue weighted by Crippen LogP contribution is -2.48. The summed E-state index contributed by atoms with van der Waals surface area (Å²) in [5, 5.41) is 0. The molecule has 1 aliphatic heterocycles. The van der Waals surface area contributed by atoms with E-state index in [4.69, 9.17) is 16.2 Å². The van der Waals surface area contributed by atoms with Crippen LogP contribution in [0.5, 0.6) is 0 Å². The van der Waals surface area contributed by atoms with Crippen LogP contribution in [0.3, 0.4) is 0 Å². The van der Waals surface area contributed by atoms with Crippen LogP contribution in [-0.2, 0) is 4.74 Å². The fourth-order valence-electron chi connectivity index (χ4n) is 2.25. The van der Waals surface area contributed by atoms with Crippen LogP contribution in [-0.4, -0.2) is 31.2 Å². The molecule has 1 heterocycles. The van der Waals surface area contributed by atoms with Gasteiger partial charge in [0, 0.05) is 24.5 Å². The van der Waals surface area contributed by atoms with Crippen LogP contribution in [0.4, 0.5) is 11.4 Å². The third kappa shape index (κ3) is 2.56. The Morgan fingerprint density at radius 1 is 1.44 bits per heavy atom. The maximum absolute atomic E-state index is 11.5. The van der Waals surface area contributed by atoms with E-state index in [1.165, 1.54) is 0 Å². The third-order valence-electron chi connectivity index (χ3n) is 3.05. The molecule has 1 aromatic carbocycles. The number of anilines is 2. The van der Waals surface area contributed by atoms with Crippen molar-refractivity contribution in [1.82, 2.24) is 0 Å². The summed E-state index contributed by atoms with van der Waals surface area (Å²) >= 11 is 0. The molecule has 5 nitrogen and oxygen atoms in total. The number of nitrogens with zero attached hydrogens (tertiary/aromatic N) is 1. The molecule has 0 radical (unpaired) electrons. The van der Waals surface area contributed by atoms with Crippen LogP contribution < -0.4 is 16.4 Å². The summed E-state index contributed by atoms with van der Waals surface area (Å²) in [4.78, 5) is 13.6. The van der Waals surface area contributed by atoms with Crippen LogP contribution in [0.1, 0.15) is 24.2 Å². The Labute approximate surface area is 107 Å². The number of benzene rings is 1. The first kappa shape index (κ1) is 12.7. The summed E-state index contributed by atoms with van der Waals surface area (Å²) in [6.07, 6.45) is 0. The normalized spacial score (nSPS) is 18.7. The van der Waals surface area contributed by atoms with Gasteiger partial charge in [0.25, 0.3) is 5.91 Å². The zero-order valence-corrected chi connectivity index (χ0v) is 10.8. The smallest absolute Gasteiger partial charge is 0.250 e. The molecule has 1 aliphatic rings. The van der Waals surface area contributed by atoms with Crippen molar-refractivity contribution in [3.05, 3.63) is 23.8 Å². The van der Waals surface area contributed by atoms with Crippen LogP contribution in [0.2, 0.25) is 0 Å². The Morgan fingerprint density at radius 2 is 2.17 bits per heavy atom. The van der Waals surface area contributed by atoms with E-state index in [0.29, 0.717) is 17.9 Å². The van der Waals surface area contributed by atoms with Gasteiger partial charge in [0.15, 0.2) is 0 Å². The first-order valence-electron chi connectivity index (χ1n) is 5.97. The van der Waals surface area contributed by atoms with E-state index < -0.39 is 5.91 Å². The molecule has 0 aromatic heterocycles. The van der Waals surface area contributed by atoms with Gasteiger partial charge < -0.3 is 21.1 Å². The zero-order chi connectivity index (χ0) is 13.3. The average Bonchev–Trinajstić information content (AvgIpc) is 2.27. The monoisotopic (exact) mass is 249 g/mol. The maximum atomic E-state index is 11.5. The number of amides is 1. The SMILES string of the molecule is CC1(C)CN(c2ccc(N)cc2C(N)=O)CCO1. The highest BCUT2D eigenvalue weighted by Gasteiger charge is 2.28. The molecule has 2 rings (SSSR count). The number of carbonyl (C=O) groups excluding carboxylic acids is 1. The van der Waals surface area contributed by atoms with Crippen molar-refractivity contribution < 1.29 is 9.53 Å². The largest absolute Gasteiger partial charge is 0.399 e. The number of hydrogen-bond donors (Lipinski definition) is 2. The highest BCUT2D eigenvalue weighted by Crippen LogP contribution is 2.27. The maximum Gasteiger partial charge on any atom is 0.250 e. The second kappa shape index (κ2) is 4.49. The minimum atomic E-state index is -0.457. The molecule has 5 heteroatoms. The standard InChI is InChI=1S/C13H19N3O2/c1-13(2)8-16(5-6-18-13)11-4-3-9(14)7-10(11)12(15)17/h3-4,7H,5-6,8,14H2,1-2H3,(H2,15,17). The fraction of sp³-hybridized carbons (Fsp3) is 0.462. The molecule has 18 heavy (non-hydrogen) atoms. The number of hydrogen-bond acceptors (Lipinski definition) is 4. The summed E-state index contributed by atoms with van der Waals surface area (Å²) in [6, 6.07) is 5.25. The Bertz CT molecular complexity index is 471. The van der Waals surface area contributed by atoms with Crippen molar-refractivity contribution in [3.63, 3.8) is 0 Å². The van der Waals surface area contributed by atoms with Gasteiger partial charge in [0.1, 0.15) is 0 Å². The highest BCUT2D eigenvalue weighted by atomic mass is 16.5. The van der Waals surface area contributed by atoms with Crippen molar-refractivity contribution >= 4 is 17.3 Å². The second-order valence-electron chi connectivity index (χ2n) is 5.17. The molecular weight excluding hydrogens is 230 g/mol. The van der Waals surface area contributed by atoms with Gasteiger partial charge >= 0.3 is 0 Å². The zero-order valence-electron chi connectivity index (χ0n) is 10.8. The van der Waals surface area contributed by atoms with Gasteiger partial charge in [0.05, 0.1) is 17.8 Å². The Balaban J connectivity index is 2.35. The number of primary amides is 1. The van der Waals surface area contributed by atoms with Crippen LogP contribution >= 0.6 is 0 Å². The molecule has 1 aromatic rings. The lowest BCUT2D eigenvalue weighted by Gasteiger charge is -2.40. The van der Waals surface area contributed by atoms with Crippen molar-refractivity contribution in [2.45, 2.75) is 19.4 Å². The Kier molecular flexibility index (Phi) is 3.17. The highest BCUT2D eigenvalue weighted by molar-refractivity contribution is 5.99. The van der Waals surface area contributed by atoms with Crippen LogP contribution in [0.15, 0.2) is 18.2 Å². The lowest BCUT2D eigenvalue weighted by molar-refractivity contribution is -0.0277. The van der Waals surface area contributed by atoms with Gasteiger partial charge in [-0.15, -0.1) is 0 Å². The molecular formula is C13H19N3O2. The average molecular weight is 249 g/mol. The first-order chi connectivity index (χ1) is 8.39. The fourth-order valence-corrected chi connectivity index (χ4v) is 2.25. The quantitative estimate of drug-likeness (QED) is 0.766. The molecule has 0 atom stereocenters. The summed E-state index contributed by atoms with van der Waals surface area (Å²) in [5.41, 5.74) is 12.7. The number of ether oxygens (including phenoxy) is 1. The molecule has 1 saturated heterocycles. The van der Waals surface area contributed by atoms with E-state index in [1.807, 2.05) is 19.9 Å². The van der Waals surface area contributed by atoms with Crippen molar-refractivity contribution in [2.24, 2.45) is 5.73 Å². The van der Waals surface area contributed by atoms with Gasteiger partial charge in [-0.1, -0.05) is 0 Å². The number of nitrogen functional groups attached to an aromatic ring is 1. The third-order valence-corrected chi connectivity index (χ3v) is 3.05. The summed E-state index contributed by atoms with van der Waals surface area (Å²) in [5.74, 6) is -0.457. The molecule has 1 amide bonds. The van der Waals surface area contributed by atoms with Gasteiger partial charge in [0.2, 0.25) is 0 Å². The van der Waals surface area contributed by atoms with Crippen molar-refractivity contribution in [1.29, 1.82) is 0 Å². The van der Waals surface area contributed by atoms with E-state index in [0.717, 1.165) is 18.8 Å². The van der Waals surface area contributed by atoms with Gasteiger partial charge in [-0.2, -0.15) is 0 Å². The molecule has 0 spiro atoms.